The molecule has 2 amide bonds. The van der Waals surface area contributed by atoms with E-state index in [0.29, 0.717) is 18.8 Å². The first kappa shape index (κ1) is 18.5. The molecule has 2 aromatic rings. The van der Waals surface area contributed by atoms with Crippen molar-refractivity contribution in [3.63, 3.8) is 0 Å². The number of hydrogen-bond donors (Lipinski definition) is 3. The molecular formula is C18H23N5O2S. The summed E-state index contributed by atoms with van der Waals surface area (Å²) in [6.07, 6.45) is 1.64. The largest absolute Gasteiger partial charge is 0.348 e. The Morgan fingerprint density at radius 1 is 1.23 bits per heavy atom. The fraction of sp³-hybridized carbons (Fsp3) is 0.389. The molecule has 138 valence electrons. The van der Waals surface area contributed by atoms with Crippen LogP contribution in [0.15, 0.2) is 35.7 Å². The van der Waals surface area contributed by atoms with Gasteiger partial charge < -0.3 is 16.4 Å². The highest BCUT2D eigenvalue weighted by Crippen LogP contribution is 2.13. The molecule has 1 fully saturated rings. The molecule has 0 atom stereocenters. The normalized spacial score (nSPS) is 15.6. The maximum absolute atomic E-state index is 12.2. The number of nitrogens with one attached hydrogen (secondary N) is 2. The van der Waals surface area contributed by atoms with Crippen LogP contribution >= 0.6 is 11.3 Å². The summed E-state index contributed by atoms with van der Waals surface area (Å²) in [6.45, 7) is 2.26. The number of carbonyl (C=O) groups is 2. The van der Waals surface area contributed by atoms with Crippen molar-refractivity contribution in [2.24, 2.45) is 5.73 Å². The van der Waals surface area contributed by atoms with Crippen molar-refractivity contribution in [1.82, 2.24) is 15.2 Å². The first-order chi connectivity index (χ1) is 12.6. The number of amides is 2. The maximum Gasteiger partial charge on any atom is 0.270 e. The Kier molecular flexibility index (Phi) is 6.32. The third-order valence-corrected chi connectivity index (χ3v) is 5.18. The van der Waals surface area contributed by atoms with Crippen LogP contribution in [0.25, 0.3) is 0 Å². The molecule has 7 nitrogen and oxygen atoms in total. The van der Waals surface area contributed by atoms with Gasteiger partial charge in [0.1, 0.15) is 10.7 Å². The van der Waals surface area contributed by atoms with Crippen LogP contribution in [0.4, 0.5) is 5.69 Å². The first-order valence-corrected chi connectivity index (χ1v) is 9.54. The second-order valence-electron chi connectivity index (χ2n) is 6.27. The molecule has 0 radical (unpaired) electrons. The molecule has 0 unspecified atom stereocenters. The Labute approximate surface area is 156 Å². The van der Waals surface area contributed by atoms with Gasteiger partial charge in [-0.2, -0.15) is 0 Å². The zero-order valence-electron chi connectivity index (χ0n) is 14.5. The molecule has 0 bridgehead atoms. The monoisotopic (exact) mass is 373 g/mol. The van der Waals surface area contributed by atoms with E-state index in [1.165, 1.54) is 11.3 Å². The van der Waals surface area contributed by atoms with Crippen LogP contribution in [0.5, 0.6) is 0 Å². The Balaban J connectivity index is 1.41. The number of aromatic nitrogens is 1. The van der Waals surface area contributed by atoms with E-state index < -0.39 is 0 Å². The summed E-state index contributed by atoms with van der Waals surface area (Å²) in [6, 6.07) is 9.55. The molecule has 1 aromatic heterocycles. The van der Waals surface area contributed by atoms with Crippen LogP contribution in [0.3, 0.4) is 0 Å². The summed E-state index contributed by atoms with van der Waals surface area (Å²) >= 11 is 1.40. The Hall–Kier alpha value is -2.29. The topological polar surface area (TPSA) is 100 Å². The highest BCUT2D eigenvalue weighted by atomic mass is 32.1. The summed E-state index contributed by atoms with van der Waals surface area (Å²) in [5.41, 5.74) is 6.77. The molecule has 0 spiro atoms. The van der Waals surface area contributed by atoms with E-state index in [1.54, 1.807) is 5.38 Å². The van der Waals surface area contributed by atoms with Crippen molar-refractivity contribution in [3.05, 3.63) is 46.4 Å². The summed E-state index contributed by atoms with van der Waals surface area (Å²) in [5, 5.41) is 8.41. The number of thiazole rings is 1. The number of likely N-dealkylation sites (tertiary alicyclic amines) is 1. The number of benzene rings is 1. The SMILES string of the molecule is NCc1nc(C(=O)NC2CCN(CC(=O)Nc3ccccc3)CC2)cs1. The van der Waals surface area contributed by atoms with Gasteiger partial charge in [0.2, 0.25) is 5.91 Å². The molecule has 2 heterocycles. The average Bonchev–Trinajstić information content (AvgIpc) is 3.13. The minimum atomic E-state index is -0.152. The number of carbonyl (C=O) groups excluding carboxylic acids is 2. The number of nitrogens with zero attached hydrogens (tertiary/aromatic N) is 2. The molecule has 1 saturated heterocycles. The molecular weight excluding hydrogens is 350 g/mol. The second-order valence-corrected chi connectivity index (χ2v) is 7.21. The van der Waals surface area contributed by atoms with Gasteiger partial charge in [-0.25, -0.2) is 4.98 Å². The fourth-order valence-electron chi connectivity index (χ4n) is 2.93. The number of nitrogens with two attached hydrogens (primary N) is 1. The Morgan fingerprint density at radius 3 is 2.62 bits per heavy atom. The van der Waals surface area contributed by atoms with Gasteiger partial charge in [0.15, 0.2) is 0 Å². The van der Waals surface area contributed by atoms with E-state index in [9.17, 15) is 9.59 Å². The third kappa shape index (κ3) is 5.10. The van der Waals surface area contributed by atoms with Crippen molar-refractivity contribution in [1.29, 1.82) is 0 Å². The van der Waals surface area contributed by atoms with Crippen molar-refractivity contribution < 1.29 is 9.59 Å². The van der Waals surface area contributed by atoms with Gasteiger partial charge in [0, 0.05) is 36.7 Å². The van der Waals surface area contributed by atoms with Crippen molar-refractivity contribution in [2.75, 3.05) is 25.0 Å². The van der Waals surface area contributed by atoms with Crippen molar-refractivity contribution in [3.8, 4) is 0 Å². The predicted molar refractivity (Wildman–Crippen MR) is 102 cm³/mol. The predicted octanol–water partition coefficient (Wildman–Crippen LogP) is 1.43. The van der Waals surface area contributed by atoms with Gasteiger partial charge >= 0.3 is 0 Å². The molecule has 1 aromatic carbocycles. The van der Waals surface area contributed by atoms with Gasteiger partial charge in [-0.1, -0.05) is 18.2 Å². The zero-order chi connectivity index (χ0) is 18.4. The lowest BCUT2D eigenvalue weighted by Crippen LogP contribution is -2.46. The number of hydrogen-bond acceptors (Lipinski definition) is 6. The fourth-order valence-corrected chi connectivity index (χ4v) is 3.58. The highest BCUT2D eigenvalue weighted by Gasteiger charge is 2.23. The quantitative estimate of drug-likeness (QED) is 0.711. The molecule has 1 aliphatic rings. The summed E-state index contributed by atoms with van der Waals surface area (Å²) in [4.78, 5) is 30.6. The molecule has 4 N–H and O–H groups in total. The minimum absolute atomic E-state index is 0.0181. The minimum Gasteiger partial charge on any atom is -0.348 e. The lowest BCUT2D eigenvalue weighted by molar-refractivity contribution is -0.117. The van der Waals surface area contributed by atoms with E-state index in [1.807, 2.05) is 30.3 Å². The number of rotatable bonds is 6. The summed E-state index contributed by atoms with van der Waals surface area (Å²) in [5.74, 6) is -0.170. The van der Waals surface area contributed by atoms with E-state index in [-0.39, 0.29) is 17.9 Å². The van der Waals surface area contributed by atoms with Gasteiger partial charge in [-0.05, 0) is 25.0 Å². The van der Waals surface area contributed by atoms with Gasteiger partial charge in [0.05, 0.1) is 6.54 Å². The van der Waals surface area contributed by atoms with Crippen molar-refractivity contribution in [2.45, 2.75) is 25.4 Å². The van der Waals surface area contributed by atoms with E-state index in [2.05, 4.69) is 20.5 Å². The molecule has 0 saturated carbocycles. The van der Waals surface area contributed by atoms with Crippen LogP contribution in [0, 0.1) is 0 Å². The maximum atomic E-state index is 12.2. The van der Waals surface area contributed by atoms with Crippen LogP contribution < -0.4 is 16.4 Å². The van der Waals surface area contributed by atoms with E-state index in [4.69, 9.17) is 5.73 Å². The third-order valence-electron chi connectivity index (χ3n) is 4.31. The lowest BCUT2D eigenvalue weighted by atomic mass is 10.0. The molecule has 1 aliphatic heterocycles. The summed E-state index contributed by atoms with van der Waals surface area (Å²) in [7, 11) is 0. The molecule has 0 aliphatic carbocycles. The average molecular weight is 373 g/mol. The Morgan fingerprint density at radius 2 is 1.96 bits per heavy atom. The number of anilines is 1. The molecule has 3 rings (SSSR count). The van der Waals surface area contributed by atoms with Gasteiger partial charge in [0.25, 0.3) is 5.91 Å². The van der Waals surface area contributed by atoms with Crippen LogP contribution in [-0.4, -0.2) is 47.4 Å². The lowest BCUT2D eigenvalue weighted by Gasteiger charge is -2.31. The smallest absolute Gasteiger partial charge is 0.270 e. The van der Waals surface area contributed by atoms with Crippen LogP contribution in [0.1, 0.15) is 28.3 Å². The van der Waals surface area contributed by atoms with Gasteiger partial charge in [-0.15, -0.1) is 11.3 Å². The van der Waals surface area contributed by atoms with Crippen LogP contribution in [-0.2, 0) is 11.3 Å². The molecule has 8 heteroatoms. The standard InChI is InChI=1S/C18H23N5O2S/c19-10-17-22-15(12-26-17)18(25)21-14-6-8-23(9-7-14)11-16(24)20-13-4-2-1-3-5-13/h1-5,12,14H,6-11,19H2,(H,20,24)(H,21,25). The van der Waals surface area contributed by atoms with E-state index in [0.717, 1.165) is 36.6 Å². The van der Waals surface area contributed by atoms with Crippen LogP contribution in [0.2, 0.25) is 0 Å². The number of piperidine rings is 1. The molecule has 26 heavy (non-hydrogen) atoms. The second kappa shape index (κ2) is 8.88. The Bertz CT molecular complexity index is 741. The summed E-state index contributed by atoms with van der Waals surface area (Å²) < 4.78 is 0. The first-order valence-electron chi connectivity index (χ1n) is 8.66. The number of para-hydroxylation sites is 1. The highest BCUT2D eigenvalue weighted by molar-refractivity contribution is 7.09. The van der Waals surface area contributed by atoms with E-state index >= 15 is 0 Å². The zero-order valence-corrected chi connectivity index (χ0v) is 15.3. The van der Waals surface area contributed by atoms with Gasteiger partial charge in [-0.3, -0.25) is 14.5 Å². The van der Waals surface area contributed by atoms with Crippen molar-refractivity contribution >= 4 is 28.8 Å².